The van der Waals surface area contributed by atoms with Gasteiger partial charge in [-0.3, -0.25) is 9.59 Å². The van der Waals surface area contributed by atoms with Crippen molar-refractivity contribution >= 4 is 11.9 Å². The molecule has 122 valence electrons. The molecule has 0 heterocycles. The number of benzene rings is 2. The molecule has 0 bridgehead atoms. The number of nitrogens with zero attached hydrogens (tertiary/aromatic N) is 2. The molecule has 0 saturated carbocycles. The van der Waals surface area contributed by atoms with Crippen molar-refractivity contribution in [1.29, 1.82) is 5.26 Å². The van der Waals surface area contributed by atoms with Crippen molar-refractivity contribution in [3.8, 4) is 6.07 Å². The Hall–Kier alpha value is -3.13. The van der Waals surface area contributed by atoms with Gasteiger partial charge < -0.3 is 10.0 Å². The summed E-state index contributed by atoms with van der Waals surface area (Å²) in [6.07, 6.45) is 0. The van der Waals surface area contributed by atoms with Crippen LogP contribution in [0.5, 0.6) is 0 Å². The monoisotopic (exact) mass is 322 g/mol. The summed E-state index contributed by atoms with van der Waals surface area (Å²) in [5.74, 6) is -1.87. The molecule has 0 spiro atoms. The minimum atomic E-state index is -0.944. The molecule has 0 aliphatic carbocycles. The van der Waals surface area contributed by atoms with Gasteiger partial charge in [-0.2, -0.15) is 5.26 Å². The molecule has 0 aliphatic heterocycles. The van der Waals surface area contributed by atoms with Gasteiger partial charge in [0.15, 0.2) is 0 Å². The third-order valence-electron chi connectivity index (χ3n) is 3.68. The van der Waals surface area contributed by atoms with Crippen LogP contribution in [0.25, 0.3) is 0 Å². The van der Waals surface area contributed by atoms with E-state index in [0.29, 0.717) is 17.7 Å². The number of carbonyl (C=O) groups is 2. The highest BCUT2D eigenvalue weighted by Crippen LogP contribution is 2.13. The highest BCUT2D eigenvalue weighted by Gasteiger charge is 2.22. The molecule has 1 amide bonds. The minimum absolute atomic E-state index is 0.114. The lowest BCUT2D eigenvalue weighted by Gasteiger charge is -2.25. The number of amides is 1. The van der Waals surface area contributed by atoms with E-state index in [2.05, 4.69) is 0 Å². The summed E-state index contributed by atoms with van der Waals surface area (Å²) in [6.45, 7) is 2.02. The zero-order chi connectivity index (χ0) is 17.5. The van der Waals surface area contributed by atoms with Crippen LogP contribution in [0.2, 0.25) is 0 Å². The van der Waals surface area contributed by atoms with Crippen LogP contribution in [-0.4, -0.2) is 28.4 Å². The number of hydrogen-bond donors (Lipinski definition) is 1. The number of aliphatic carboxylic acids is 1. The number of carbonyl (C=O) groups excluding carboxylic acids is 1. The van der Waals surface area contributed by atoms with Crippen molar-refractivity contribution < 1.29 is 14.7 Å². The Morgan fingerprint density at radius 2 is 1.75 bits per heavy atom. The molecule has 0 aliphatic rings. The first-order chi connectivity index (χ1) is 11.5. The summed E-state index contributed by atoms with van der Waals surface area (Å²) in [6, 6.07) is 17.8. The third-order valence-corrected chi connectivity index (χ3v) is 3.68. The molecule has 0 fully saturated rings. The Kier molecular flexibility index (Phi) is 5.69. The number of carboxylic acid groups (broad SMARTS) is 1. The highest BCUT2D eigenvalue weighted by atomic mass is 16.4. The fourth-order valence-electron chi connectivity index (χ4n) is 2.30. The molecule has 0 radical (unpaired) electrons. The fourth-order valence-corrected chi connectivity index (χ4v) is 2.30. The quantitative estimate of drug-likeness (QED) is 0.886. The Morgan fingerprint density at radius 1 is 1.12 bits per heavy atom. The minimum Gasteiger partial charge on any atom is -0.481 e. The van der Waals surface area contributed by atoms with Crippen molar-refractivity contribution in [3.05, 3.63) is 71.3 Å². The van der Waals surface area contributed by atoms with Crippen LogP contribution in [0.15, 0.2) is 54.6 Å². The predicted octanol–water partition coefficient (Wildman–Crippen LogP) is 2.92. The predicted molar refractivity (Wildman–Crippen MR) is 89.1 cm³/mol. The zero-order valence-electron chi connectivity index (χ0n) is 13.3. The second-order valence-electron chi connectivity index (χ2n) is 5.60. The molecule has 2 aromatic rings. The number of carboxylic acids is 1. The van der Waals surface area contributed by atoms with E-state index in [1.807, 2.05) is 36.4 Å². The van der Waals surface area contributed by atoms with Gasteiger partial charge in [-0.25, -0.2) is 0 Å². The van der Waals surface area contributed by atoms with E-state index < -0.39 is 11.9 Å². The number of nitriles is 1. The summed E-state index contributed by atoms with van der Waals surface area (Å²) in [5, 5.41) is 18.0. The van der Waals surface area contributed by atoms with Gasteiger partial charge in [0.25, 0.3) is 5.91 Å². The summed E-state index contributed by atoms with van der Waals surface area (Å²) < 4.78 is 0. The van der Waals surface area contributed by atoms with E-state index in [1.54, 1.807) is 31.2 Å². The molecular weight excluding hydrogens is 304 g/mol. The lowest BCUT2D eigenvalue weighted by molar-refractivity contribution is -0.141. The summed E-state index contributed by atoms with van der Waals surface area (Å²) >= 11 is 0. The van der Waals surface area contributed by atoms with Gasteiger partial charge in [0.2, 0.25) is 0 Å². The maximum absolute atomic E-state index is 12.8. The topological polar surface area (TPSA) is 81.4 Å². The second kappa shape index (κ2) is 7.93. The van der Waals surface area contributed by atoms with Gasteiger partial charge in [0, 0.05) is 18.7 Å². The highest BCUT2D eigenvalue weighted by molar-refractivity contribution is 5.94. The van der Waals surface area contributed by atoms with Gasteiger partial charge in [0.05, 0.1) is 17.6 Å². The molecule has 5 nitrogen and oxygen atoms in total. The molecule has 0 aromatic heterocycles. The first-order valence-corrected chi connectivity index (χ1v) is 7.57. The van der Waals surface area contributed by atoms with Crippen molar-refractivity contribution in [3.63, 3.8) is 0 Å². The molecule has 2 rings (SSSR count). The Balaban J connectivity index is 2.24. The van der Waals surface area contributed by atoms with Gasteiger partial charge in [0.1, 0.15) is 0 Å². The van der Waals surface area contributed by atoms with E-state index in [0.717, 1.165) is 5.56 Å². The third kappa shape index (κ3) is 4.43. The molecular formula is C19H18N2O3. The Bertz CT molecular complexity index is 748. The maximum Gasteiger partial charge on any atom is 0.308 e. The van der Waals surface area contributed by atoms with E-state index in [-0.39, 0.29) is 12.5 Å². The average Bonchev–Trinajstić information content (AvgIpc) is 2.61. The van der Waals surface area contributed by atoms with Crippen LogP contribution in [0.1, 0.15) is 28.4 Å². The van der Waals surface area contributed by atoms with E-state index in [4.69, 9.17) is 10.4 Å². The second-order valence-corrected chi connectivity index (χ2v) is 5.60. The first-order valence-electron chi connectivity index (χ1n) is 7.57. The number of hydrogen-bond acceptors (Lipinski definition) is 3. The molecule has 24 heavy (non-hydrogen) atoms. The van der Waals surface area contributed by atoms with Gasteiger partial charge >= 0.3 is 5.97 Å². The van der Waals surface area contributed by atoms with E-state index in [9.17, 15) is 9.59 Å². The van der Waals surface area contributed by atoms with Crippen LogP contribution in [-0.2, 0) is 11.3 Å². The lowest BCUT2D eigenvalue weighted by atomic mass is 10.1. The van der Waals surface area contributed by atoms with Crippen LogP contribution in [0.3, 0.4) is 0 Å². The van der Waals surface area contributed by atoms with Crippen LogP contribution < -0.4 is 0 Å². The molecule has 1 N–H and O–H groups in total. The zero-order valence-corrected chi connectivity index (χ0v) is 13.3. The smallest absolute Gasteiger partial charge is 0.308 e. The Labute approximate surface area is 140 Å². The standard InChI is InChI=1S/C19H18N2O3/c1-14(19(23)24)12-21(13-16-5-3-2-4-6-16)18(22)17-9-7-15(11-20)8-10-17/h2-10,14H,12-13H2,1H3,(H,23,24)/t14-/m1/s1. The Morgan fingerprint density at radius 3 is 2.29 bits per heavy atom. The van der Waals surface area contributed by atoms with E-state index in [1.165, 1.54) is 4.90 Å². The normalized spacial score (nSPS) is 11.3. The molecule has 1 atom stereocenters. The first kappa shape index (κ1) is 17.2. The van der Waals surface area contributed by atoms with Gasteiger partial charge in [-0.05, 0) is 29.8 Å². The SMILES string of the molecule is C[C@H](CN(Cc1ccccc1)C(=O)c1ccc(C#N)cc1)C(=O)O. The summed E-state index contributed by atoms with van der Waals surface area (Å²) in [5.41, 5.74) is 1.83. The lowest BCUT2D eigenvalue weighted by Crippen LogP contribution is -2.36. The van der Waals surface area contributed by atoms with Crippen molar-refractivity contribution in [2.24, 2.45) is 5.92 Å². The van der Waals surface area contributed by atoms with Crippen molar-refractivity contribution in [2.45, 2.75) is 13.5 Å². The molecule has 2 aromatic carbocycles. The molecule has 0 saturated heterocycles. The van der Waals surface area contributed by atoms with Crippen molar-refractivity contribution in [2.75, 3.05) is 6.54 Å². The van der Waals surface area contributed by atoms with E-state index >= 15 is 0 Å². The van der Waals surface area contributed by atoms with Gasteiger partial charge in [-0.1, -0.05) is 37.3 Å². The molecule has 5 heteroatoms. The van der Waals surface area contributed by atoms with Crippen LogP contribution in [0.4, 0.5) is 0 Å². The number of rotatable bonds is 6. The summed E-state index contributed by atoms with van der Waals surface area (Å²) in [7, 11) is 0. The van der Waals surface area contributed by atoms with Crippen LogP contribution in [0, 0.1) is 17.2 Å². The fraction of sp³-hybridized carbons (Fsp3) is 0.211. The maximum atomic E-state index is 12.8. The van der Waals surface area contributed by atoms with Crippen molar-refractivity contribution in [1.82, 2.24) is 4.90 Å². The van der Waals surface area contributed by atoms with Gasteiger partial charge in [-0.15, -0.1) is 0 Å². The molecule has 0 unspecified atom stereocenters. The largest absolute Gasteiger partial charge is 0.481 e. The van der Waals surface area contributed by atoms with Crippen LogP contribution >= 0.6 is 0 Å². The average molecular weight is 322 g/mol. The summed E-state index contributed by atoms with van der Waals surface area (Å²) in [4.78, 5) is 25.4.